The molecular formula is C13H14Cl2N2O2S2. The maximum atomic E-state index is 12.6. The zero-order valence-corrected chi connectivity index (χ0v) is 14.6. The molecule has 0 radical (unpaired) electrons. The van der Waals surface area contributed by atoms with Crippen molar-refractivity contribution in [1.82, 2.24) is 5.32 Å². The molecule has 0 saturated heterocycles. The molecule has 4 nitrogen and oxygen atoms in total. The Kier molecular flexibility index (Phi) is 5.16. The van der Waals surface area contributed by atoms with Crippen LogP contribution in [0.1, 0.15) is 10.4 Å². The van der Waals surface area contributed by atoms with E-state index in [9.17, 15) is 8.42 Å². The molecular weight excluding hydrogens is 351 g/mol. The third-order valence-electron chi connectivity index (χ3n) is 2.77. The molecule has 0 aliphatic rings. The van der Waals surface area contributed by atoms with E-state index in [2.05, 4.69) is 10.0 Å². The van der Waals surface area contributed by atoms with E-state index in [1.165, 1.54) is 17.4 Å². The Morgan fingerprint density at radius 1 is 1.29 bits per heavy atom. The highest BCUT2D eigenvalue weighted by Gasteiger charge is 2.23. The van der Waals surface area contributed by atoms with Crippen LogP contribution in [-0.4, -0.2) is 15.5 Å². The Bertz CT molecular complexity index is 758. The highest BCUT2D eigenvalue weighted by Crippen LogP contribution is 2.31. The summed E-state index contributed by atoms with van der Waals surface area (Å²) in [5.41, 5.74) is 1.02. The van der Waals surface area contributed by atoms with Gasteiger partial charge in [-0.05, 0) is 43.1 Å². The summed E-state index contributed by atoms with van der Waals surface area (Å²) in [6.45, 7) is 2.26. The van der Waals surface area contributed by atoms with Crippen molar-refractivity contribution in [3.8, 4) is 0 Å². The number of hydrogen-bond acceptors (Lipinski definition) is 4. The minimum absolute atomic E-state index is 0.258. The summed E-state index contributed by atoms with van der Waals surface area (Å²) in [5.74, 6) is 0. The van der Waals surface area contributed by atoms with Crippen LogP contribution in [-0.2, 0) is 16.6 Å². The second-order valence-electron chi connectivity index (χ2n) is 4.43. The van der Waals surface area contributed by atoms with E-state index in [0.717, 1.165) is 4.88 Å². The van der Waals surface area contributed by atoms with Crippen molar-refractivity contribution in [3.63, 3.8) is 0 Å². The Balaban J connectivity index is 2.41. The van der Waals surface area contributed by atoms with Crippen LogP contribution in [0, 0.1) is 6.92 Å². The van der Waals surface area contributed by atoms with Crippen LogP contribution in [0.3, 0.4) is 0 Å². The van der Waals surface area contributed by atoms with Crippen LogP contribution >= 0.6 is 34.5 Å². The van der Waals surface area contributed by atoms with Crippen molar-refractivity contribution in [2.45, 2.75) is 18.4 Å². The molecule has 114 valence electrons. The van der Waals surface area contributed by atoms with Gasteiger partial charge in [-0.1, -0.05) is 23.2 Å². The van der Waals surface area contributed by atoms with Gasteiger partial charge in [-0.15, -0.1) is 11.3 Å². The molecule has 0 bridgehead atoms. The summed E-state index contributed by atoms with van der Waals surface area (Å²) < 4.78 is 27.7. The third-order valence-corrected chi connectivity index (χ3v) is 6.15. The van der Waals surface area contributed by atoms with Crippen LogP contribution in [0.4, 0.5) is 5.69 Å². The fourth-order valence-electron chi connectivity index (χ4n) is 1.90. The lowest BCUT2D eigenvalue weighted by Gasteiger charge is -2.11. The zero-order valence-electron chi connectivity index (χ0n) is 11.4. The normalized spacial score (nSPS) is 11.6. The van der Waals surface area contributed by atoms with Gasteiger partial charge in [-0.3, -0.25) is 4.72 Å². The van der Waals surface area contributed by atoms with E-state index in [4.69, 9.17) is 23.2 Å². The van der Waals surface area contributed by atoms with E-state index in [1.807, 2.05) is 5.38 Å². The molecule has 8 heteroatoms. The molecule has 0 amide bonds. The highest BCUT2D eigenvalue weighted by atomic mass is 35.5. The summed E-state index contributed by atoms with van der Waals surface area (Å²) >= 11 is 13.2. The molecule has 21 heavy (non-hydrogen) atoms. The van der Waals surface area contributed by atoms with E-state index in [0.29, 0.717) is 27.7 Å². The first-order valence-corrected chi connectivity index (χ1v) is 9.16. The number of anilines is 1. The molecule has 1 aromatic heterocycles. The Morgan fingerprint density at radius 2 is 2.00 bits per heavy atom. The lowest BCUT2D eigenvalue weighted by atomic mass is 10.3. The third kappa shape index (κ3) is 3.70. The molecule has 0 unspecified atom stereocenters. The molecule has 2 rings (SSSR count). The minimum Gasteiger partial charge on any atom is -0.315 e. The number of rotatable bonds is 5. The van der Waals surface area contributed by atoms with Gasteiger partial charge in [0, 0.05) is 16.4 Å². The number of nitrogens with one attached hydrogen (secondary N) is 2. The van der Waals surface area contributed by atoms with Crippen LogP contribution in [0.25, 0.3) is 0 Å². The second kappa shape index (κ2) is 6.54. The molecule has 0 atom stereocenters. The van der Waals surface area contributed by atoms with E-state index in [1.54, 1.807) is 26.1 Å². The Morgan fingerprint density at radius 3 is 2.62 bits per heavy atom. The van der Waals surface area contributed by atoms with Gasteiger partial charge in [-0.2, -0.15) is 0 Å². The first-order chi connectivity index (χ1) is 9.85. The molecule has 0 aliphatic heterocycles. The van der Waals surface area contributed by atoms with Crippen molar-refractivity contribution < 1.29 is 8.42 Å². The fraction of sp³-hybridized carbons (Fsp3) is 0.231. The van der Waals surface area contributed by atoms with Gasteiger partial charge in [0.1, 0.15) is 4.90 Å². The number of aryl methyl sites for hydroxylation is 1. The first kappa shape index (κ1) is 16.6. The Hall–Kier alpha value is -0.790. The van der Waals surface area contributed by atoms with Crippen molar-refractivity contribution in [3.05, 3.63) is 44.1 Å². The summed E-state index contributed by atoms with van der Waals surface area (Å²) in [6, 6.07) is 4.62. The highest BCUT2D eigenvalue weighted by molar-refractivity contribution is 7.93. The van der Waals surface area contributed by atoms with Gasteiger partial charge in [0.25, 0.3) is 10.0 Å². The molecule has 0 aliphatic carbocycles. The number of sulfonamides is 1. The predicted octanol–water partition coefficient (Wildman–Crippen LogP) is 3.88. The largest absolute Gasteiger partial charge is 0.315 e. The average molecular weight is 365 g/mol. The van der Waals surface area contributed by atoms with Gasteiger partial charge < -0.3 is 5.32 Å². The van der Waals surface area contributed by atoms with Gasteiger partial charge in [0.2, 0.25) is 0 Å². The van der Waals surface area contributed by atoms with Crippen LogP contribution < -0.4 is 10.0 Å². The molecule has 2 N–H and O–H groups in total. The molecule has 1 aromatic carbocycles. The average Bonchev–Trinajstić information content (AvgIpc) is 2.75. The Labute approximate surface area is 138 Å². The standard InChI is InChI=1S/C13H14Cl2N2O2S2/c1-8-7-20-12(6-16-2)13(8)21(18,19)17-11-4-3-9(14)5-10(11)15/h3-5,7,16-17H,6H2,1-2H3. The lowest BCUT2D eigenvalue weighted by molar-refractivity contribution is 0.599. The van der Waals surface area contributed by atoms with Crippen LogP contribution in [0.5, 0.6) is 0 Å². The van der Waals surface area contributed by atoms with Gasteiger partial charge >= 0.3 is 0 Å². The van der Waals surface area contributed by atoms with Crippen LogP contribution in [0.2, 0.25) is 10.0 Å². The maximum absolute atomic E-state index is 12.6. The topological polar surface area (TPSA) is 58.2 Å². The second-order valence-corrected chi connectivity index (χ2v) is 7.86. The van der Waals surface area contributed by atoms with Crippen molar-refractivity contribution in [2.24, 2.45) is 0 Å². The minimum atomic E-state index is -3.70. The van der Waals surface area contributed by atoms with E-state index >= 15 is 0 Å². The number of halogens is 2. The summed E-state index contributed by atoms with van der Waals surface area (Å²) in [7, 11) is -1.92. The summed E-state index contributed by atoms with van der Waals surface area (Å²) in [6.07, 6.45) is 0. The van der Waals surface area contributed by atoms with Gasteiger partial charge in [0.05, 0.1) is 10.7 Å². The van der Waals surface area contributed by atoms with Crippen molar-refractivity contribution >= 4 is 50.2 Å². The molecule has 0 saturated carbocycles. The number of hydrogen-bond donors (Lipinski definition) is 2. The summed E-state index contributed by atoms with van der Waals surface area (Å²) in [5, 5.41) is 5.50. The number of benzene rings is 1. The quantitative estimate of drug-likeness (QED) is 0.845. The lowest BCUT2D eigenvalue weighted by Crippen LogP contribution is -2.17. The smallest absolute Gasteiger partial charge is 0.263 e. The maximum Gasteiger partial charge on any atom is 0.263 e. The van der Waals surface area contributed by atoms with Crippen molar-refractivity contribution in [2.75, 3.05) is 11.8 Å². The van der Waals surface area contributed by atoms with Gasteiger partial charge in [-0.25, -0.2) is 8.42 Å². The van der Waals surface area contributed by atoms with Gasteiger partial charge in [0.15, 0.2) is 0 Å². The first-order valence-electron chi connectivity index (χ1n) is 6.04. The SMILES string of the molecule is CNCc1scc(C)c1S(=O)(=O)Nc1ccc(Cl)cc1Cl. The van der Waals surface area contributed by atoms with Crippen molar-refractivity contribution in [1.29, 1.82) is 0 Å². The van der Waals surface area contributed by atoms with Crippen LogP contribution in [0.15, 0.2) is 28.5 Å². The molecule has 2 aromatic rings. The van der Waals surface area contributed by atoms with E-state index in [-0.39, 0.29) is 5.02 Å². The monoisotopic (exact) mass is 364 g/mol. The predicted molar refractivity (Wildman–Crippen MR) is 89.1 cm³/mol. The zero-order chi connectivity index (χ0) is 15.6. The summed E-state index contributed by atoms with van der Waals surface area (Å²) in [4.78, 5) is 1.06. The van der Waals surface area contributed by atoms with E-state index < -0.39 is 10.0 Å². The molecule has 0 fully saturated rings. The molecule has 1 heterocycles. The fourth-order valence-corrected chi connectivity index (χ4v) is 5.32. The molecule has 0 spiro atoms. The number of thiophene rings is 1.